The van der Waals surface area contributed by atoms with Crippen molar-refractivity contribution in [1.29, 1.82) is 0 Å². The van der Waals surface area contributed by atoms with E-state index in [-0.39, 0.29) is 24.9 Å². The van der Waals surface area contributed by atoms with Crippen molar-refractivity contribution < 1.29 is 14.3 Å². The zero-order valence-electron chi connectivity index (χ0n) is 11.8. The molecule has 0 fully saturated rings. The second-order valence-electron chi connectivity index (χ2n) is 4.44. The lowest BCUT2D eigenvalue weighted by Crippen LogP contribution is -2.12. The summed E-state index contributed by atoms with van der Waals surface area (Å²) >= 11 is 0. The minimum absolute atomic E-state index is 0.0276. The Labute approximate surface area is 127 Å². The molecule has 1 aromatic heterocycles. The van der Waals surface area contributed by atoms with Crippen LogP contribution in [0, 0.1) is 12.3 Å². The van der Waals surface area contributed by atoms with E-state index in [1.165, 1.54) is 0 Å². The van der Waals surface area contributed by atoms with E-state index in [2.05, 4.69) is 21.2 Å². The summed E-state index contributed by atoms with van der Waals surface area (Å²) in [6.45, 7) is -0.0276. The van der Waals surface area contributed by atoms with Crippen LogP contribution >= 0.6 is 0 Å². The third kappa shape index (κ3) is 4.49. The van der Waals surface area contributed by atoms with Gasteiger partial charge in [0.1, 0.15) is 0 Å². The summed E-state index contributed by atoms with van der Waals surface area (Å²) in [6, 6.07) is 8.82. The first kappa shape index (κ1) is 15.3. The molecule has 1 amide bonds. The number of aromatic nitrogens is 2. The molecule has 0 unspecified atom stereocenters. The number of nitrogens with one attached hydrogen (secondary N) is 2. The molecule has 1 heterocycles. The molecule has 0 radical (unpaired) electrons. The van der Waals surface area contributed by atoms with Gasteiger partial charge in [-0.2, -0.15) is 0 Å². The minimum Gasteiger partial charge on any atom is -0.452 e. The molecule has 2 N–H and O–H groups in total. The molecule has 0 aliphatic rings. The van der Waals surface area contributed by atoms with Gasteiger partial charge in [-0.25, -0.2) is 4.98 Å². The number of anilines is 1. The number of carbonyl (C=O) groups is 2. The smallest absolute Gasteiger partial charge is 0.307 e. The first-order valence-electron chi connectivity index (χ1n) is 6.68. The fourth-order valence-corrected chi connectivity index (χ4v) is 1.75. The molecular formula is C16H15N3O3. The molecule has 112 valence electrons. The number of aromatic amines is 1. The number of benzene rings is 1. The van der Waals surface area contributed by atoms with Crippen LogP contribution in [0.5, 0.6) is 0 Å². The molecule has 0 saturated carbocycles. The quantitative estimate of drug-likeness (QED) is 0.628. The van der Waals surface area contributed by atoms with Gasteiger partial charge in [0, 0.05) is 11.3 Å². The number of hydrogen-bond acceptors (Lipinski definition) is 4. The van der Waals surface area contributed by atoms with E-state index in [1.807, 2.05) is 6.07 Å². The Bertz CT molecular complexity index is 686. The van der Waals surface area contributed by atoms with Gasteiger partial charge in [-0.15, -0.1) is 6.42 Å². The molecule has 0 saturated heterocycles. The summed E-state index contributed by atoms with van der Waals surface area (Å²) in [7, 11) is 0. The minimum atomic E-state index is -0.373. The van der Waals surface area contributed by atoms with Crippen molar-refractivity contribution in [2.45, 2.75) is 12.8 Å². The van der Waals surface area contributed by atoms with Crippen molar-refractivity contribution in [3.05, 3.63) is 47.8 Å². The zero-order chi connectivity index (χ0) is 15.8. The number of carbonyl (C=O) groups excluding carboxylic acids is 2. The number of rotatable bonds is 6. The highest BCUT2D eigenvalue weighted by molar-refractivity contribution is 6.03. The lowest BCUT2D eigenvalue weighted by Gasteiger charge is -2.01. The van der Waals surface area contributed by atoms with Gasteiger partial charge in [0.2, 0.25) is 5.95 Å². The van der Waals surface area contributed by atoms with Crippen LogP contribution < -0.4 is 5.32 Å². The third-order valence-corrected chi connectivity index (χ3v) is 2.81. The lowest BCUT2D eigenvalue weighted by atomic mass is 10.2. The van der Waals surface area contributed by atoms with Gasteiger partial charge >= 0.3 is 5.97 Å². The molecule has 2 aromatic rings. The van der Waals surface area contributed by atoms with E-state index in [0.717, 1.165) is 5.69 Å². The maximum atomic E-state index is 11.9. The van der Waals surface area contributed by atoms with Crippen LogP contribution in [0.4, 0.5) is 5.95 Å². The number of esters is 1. The maximum Gasteiger partial charge on any atom is 0.307 e. The van der Waals surface area contributed by atoms with E-state index in [1.54, 1.807) is 30.5 Å². The molecule has 0 aliphatic heterocycles. The molecule has 1 aromatic carbocycles. The predicted octanol–water partition coefficient (Wildman–Crippen LogP) is 1.77. The number of ether oxygens (including phenoxy) is 1. The van der Waals surface area contributed by atoms with Crippen molar-refractivity contribution >= 4 is 17.8 Å². The van der Waals surface area contributed by atoms with Crippen LogP contribution in [0.3, 0.4) is 0 Å². The number of H-pyrrole nitrogens is 1. The van der Waals surface area contributed by atoms with E-state index in [9.17, 15) is 9.59 Å². The summed E-state index contributed by atoms with van der Waals surface area (Å²) < 4.78 is 4.76. The van der Waals surface area contributed by atoms with E-state index >= 15 is 0 Å². The maximum absolute atomic E-state index is 11.9. The summed E-state index contributed by atoms with van der Waals surface area (Å²) in [5.74, 6) is 1.93. The topological polar surface area (TPSA) is 84.1 Å². The van der Waals surface area contributed by atoms with Crippen molar-refractivity contribution in [1.82, 2.24) is 9.97 Å². The van der Waals surface area contributed by atoms with Crippen LogP contribution in [0.25, 0.3) is 0 Å². The molecule has 0 spiro atoms. The molecule has 6 heteroatoms. The van der Waals surface area contributed by atoms with Crippen molar-refractivity contribution in [3.63, 3.8) is 0 Å². The van der Waals surface area contributed by atoms with Gasteiger partial charge in [0.15, 0.2) is 6.61 Å². The Hall–Kier alpha value is -3.07. The van der Waals surface area contributed by atoms with Crippen LogP contribution in [-0.4, -0.2) is 28.5 Å². The number of aryl methyl sites for hydroxylation is 1. The monoisotopic (exact) mass is 297 g/mol. The van der Waals surface area contributed by atoms with E-state index in [0.29, 0.717) is 17.9 Å². The van der Waals surface area contributed by atoms with Gasteiger partial charge in [-0.05, 0) is 18.6 Å². The van der Waals surface area contributed by atoms with Crippen molar-refractivity contribution in [2.75, 3.05) is 11.9 Å². The Morgan fingerprint density at radius 3 is 2.82 bits per heavy atom. The molecular weight excluding hydrogens is 282 g/mol. The number of hydrogen-bond donors (Lipinski definition) is 2. The lowest BCUT2D eigenvalue weighted by molar-refractivity contribution is -0.142. The second-order valence-corrected chi connectivity index (χ2v) is 4.44. The molecule has 0 aliphatic carbocycles. The second kappa shape index (κ2) is 7.64. The SMILES string of the molecule is C#CCOC(=O)CCc1cnc(NC(=O)c2ccccc2)[nH]1. The van der Waals surface area contributed by atoms with Crippen LogP contribution in [0.2, 0.25) is 0 Å². The summed E-state index contributed by atoms with van der Waals surface area (Å²) in [5, 5.41) is 2.65. The fraction of sp³-hybridized carbons (Fsp3) is 0.188. The van der Waals surface area contributed by atoms with Crippen LogP contribution in [0.15, 0.2) is 36.5 Å². The first-order chi connectivity index (χ1) is 10.7. The van der Waals surface area contributed by atoms with Gasteiger partial charge in [-0.3, -0.25) is 14.9 Å². The average Bonchev–Trinajstić information content (AvgIpc) is 2.99. The largest absolute Gasteiger partial charge is 0.452 e. The molecule has 6 nitrogen and oxygen atoms in total. The highest BCUT2D eigenvalue weighted by Gasteiger charge is 2.09. The normalized spacial score (nSPS) is 9.77. The Balaban J connectivity index is 1.85. The summed E-state index contributed by atoms with van der Waals surface area (Å²) in [4.78, 5) is 30.3. The highest BCUT2D eigenvalue weighted by Crippen LogP contribution is 2.08. The Morgan fingerprint density at radius 1 is 1.32 bits per heavy atom. The Kier molecular flexibility index (Phi) is 5.32. The van der Waals surface area contributed by atoms with Gasteiger partial charge in [0.05, 0.1) is 12.6 Å². The van der Waals surface area contributed by atoms with Crippen molar-refractivity contribution in [3.8, 4) is 12.3 Å². The van der Waals surface area contributed by atoms with E-state index in [4.69, 9.17) is 11.2 Å². The molecule has 2 rings (SSSR count). The standard InChI is InChI=1S/C16H15N3O3/c1-2-10-22-14(20)9-8-13-11-17-16(18-13)19-15(21)12-6-4-3-5-7-12/h1,3-7,11H,8-10H2,(H2,17,18,19,21). The average molecular weight is 297 g/mol. The van der Waals surface area contributed by atoms with E-state index < -0.39 is 0 Å². The number of nitrogens with zero attached hydrogens (tertiary/aromatic N) is 1. The molecule has 0 atom stereocenters. The van der Waals surface area contributed by atoms with Crippen molar-refractivity contribution in [2.24, 2.45) is 0 Å². The van der Waals surface area contributed by atoms with Crippen LogP contribution in [-0.2, 0) is 16.0 Å². The third-order valence-electron chi connectivity index (χ3n) is 2.81. The first-order valence-corrected chi connectivity index (χ1v) is 6.68. The van der Waals surface area contributed by atoms with Crippen LogP contribution in [0.1, 0.15) is 22.5 Å². The van der Waals surface area contributed by atoms with Gasteiger partial charge in [-0.1, -0.05) is 24.1 Å². The molecule has 22 heavy (non-hydrogen) atoms. The number of terminal acetylenes is 1. The fourth-order valence-electron chi connectivity index (χ4n) is 1.75. The Morgan fingerprint density at radius 2 is 2.09 bits per heavy atom. The highest BCUT2D eigenvalue weighted by atomic mass is 16.5. The molecule has 0 bridgehead atoms. The number of amides is 1. The predicted molar refractivity (Wildman–Crippen MR) is 81.1 cm³/mol. The van der Waals surface area contributed by atoms with Gasteiger partial charge in [0.25, 0.3) is 5.91 Å². The summed E-state index contributed by atoms with van der Waals surface area (Å²) in [5.41, 5.74) is 1.26. The zero-order valence-corrected chi connectivity index (χ0v) is 11.8. The summed E-state index contributed by atoms with van der Waals surface area (Å²) in [6.07, 6.45) is 7.18. The number of imidazole rings is 1. The van der Waals surface area contributed by atoms with Gasteiger partial charge < -0.3 is 9.72 Å².